The van der Waals surface area contributed by atoms with Gasteiger partial charge in [0.25, 0.3) is 0 Å². The van der Waals surface area contributed by atoms with Crippen molar-refractivity contribution in [1.82, 2.24) is 5.32 Å². The van der Waals surface area contributed by atoms with Gasteiger partial charge in [-0.25, -0.2) is 0 Å². The Bertz CT molecular complexity index is 362. The molecule has 0 heterocycles. The molecule has 0 saturated carbocycles. The molecule has 4 N–H and O–H groups in total. The number of benzene rings is 1. The molecular formula is C11H14N2O3. The lowest BCUT2D eigenvalue weighted by molar-refractivity contribution is -0.123. The van der Waals surface area contributed by atoms with E-state index in [1.165, 1.54) is 12.1 Å². The summed E-state index contributed by atoms with van der Waals surface area (Å²) in [6.07, 6.45) is 0.968. The van der Waals surface area contributed by atoms with E-state index in [-0.39, 0.29) is 18.2 Å². The molecule has 1 aromatic carbocycles. The van der Waals surface area contributed by atoms with Crippen molar-refractivity contribution in [2.24, 2.45) is 5.73 Å². The van der Waals surface area contributed by atoms with Gasteiger partial charge in [0.1, 0.15) is 12.0 Å². The third-order valence-corrected chi connectivity index (χ3v) is 2.09. The molecule has 86 valence electrons. The number of carbonyl (C=O) groups is 2. The zero-order valence-corrected chi connectivity index (χ0v) is 8.72. The van der Waals surface area contributed by atoms with Crippen molar-refractivity contribution in [1.29, 1.82) is 0 Å². The summed E-state index contributed by atoms with van der Waals surface area (Å²) in [6.45, 7) is -0.0257. The van der Waals surface area contributed by atoms with Crippen LogP contribution in [0.2, 0.25) is 0 Å². The summed E-state index contributed by atoms with van der Waals surface area (Å²) in [4.78, 5) is 21.4. The molecule has 1 atom stereocenters. The van der Waals surface area contributed by atoms with Gasteiger partial charge in [-0.15, -0.1) is 0 Å². The maximum atomic E-state index is 11.3. The van der Waals surface area contributed by atoms with Gasteiger partial charge in [0.15, 0.2) is 0 Å². The third-order valence-electron chi connectivity index (χ3n) is 2.09. The Balaban J connectivity index is 2.50. The summed E-state index contributed by atoms with van der Waals surface area (Å²) < 4.78 is 0. The van der Waals surface area contributed by atoms with E-state index >= 15 is 0 Å². The normalized spacial score (nSPS) is 11.8. The minimum absolute atomic E-state index is 0.0257. The molecule has 0 aromatic heterocycles. The molecule has 0 fully saturated rings. The van der Waals surface area contributed by atoms with E-state index in [4.69, 9.17) is 10.8 Å². The molecule has 0 radical (unpaired) electrons. The van der Waals surface area contributed by atoms with Gasteiger partial charge >= 0.3 is 0 Å². The number of phenolic OH excluding ortho intramolecular Hbond substituents is 1. The van der Waals surface area contributed by atoms with E-state index in [1.54, 1.807) is 12.1 Å². The van der Waals surface area contributed by atoms with Gasteiger partial charge in [-0.05, 0) is 24.1 Å². The fraction of sp³-hybridized carbons (Fsp3) is 0.273. The fourth-order valence-corrected chi connectivity index (χ4v) is 1.25. The number of amides is 1. The second-order valence-electron chi connectivity index (χ2n) is 3.39. The molecule has 1 aromatic rings. The summed E-state index contributed by atoms with van der Waals surface area (Å²) in [6, 6.07) is 5.77. The van der Waals surface area contributed by atoms with Crippen LogP contribution >= 0.6 is 0 Å². The Hall–Kier alpha value is -1.88. The standard InChI is InChI=1S/C11H14N2O3/c12-10(11(16)13-5-6-14)7-8-1-3-9(15)4-2-8/h1-4,6,10,15H,5,7,12H2,(H,13,16)/t10-/m0/s1. The summed E-state index contributed by atoms with van der Waals surface area (Å²) in [5, 5.41) is 11.4. The molecule has 1 amide bonds. The van der Waals surface area contributed by atoms with Gasteiger partial charge < -0.3 is 21.0 Å². The molecule has 0 saturated heterocycles. The van der Waals surface area contributed by atoms with Gasteiger partial charge in [-0.2, -0.15) is 0 Å². The lowest BCUT2D eigenvalue weighted by Gasteiger charge is -2.10. The molecule has 5 heteroatoms. The van der Waals surface area contributed by atoms with Gasteiger partial charge in [0, 0.05) is 0 Å². The van der Waals surface area contributed by atoms with E-state index in [0.29, 0.717) is 12.7 Å². The summed E-state index contributed by atoms with van der Waals surface area (Å²) in [7, 11) is 0. The highest BCUT2D eigenvalue weighted by atomic mass is 16.3. The van der Waals surface area contributed by atoms with Crippen molar-refractivity contribution >= 4 is 12.2 Å². The van der Waals surface area contributed by atoms with Crippen LogP contribution in [0.25, 0.3) is 0 Å². The molecule has 1 rings (SSSR count). The first-order valence-electron chi connectivity index (χ1n) is 4.88. The number of aldehydes is 1. The number of hydrogen-bond donors (Lipinski definition) is 3. The summed E-state index contributed by atoms with van der Waals surface area (Å²) in [5.41, 5.74) is 6.49. The monoisotopic (exact) mass is 222 g/mol. The van der Waals surface area contributed by atoms with Gasteiger partial charge in [-0.1, -0.05) is 12.1 Å². The molecule has 16 heavy (non-hydrogen) atoms. The van der Waals surface area contributed by atoms with Crippen LogP contribution in [-0.4, -0.2) is 29.9 Å². The average molecular weight is 222 g/mol. The molecule has 0 aliphatic carbocycles. The van der Waals surface area contributed by atoms with E-state index < -0.39 is 6.04 Å². The molecule has 0 spiro atoms. The van der Waals surface area contributed by atoms with Crippen molar-refractivity contribution in [2.75, 3.05) is 6.54 Å². The fourth-order valence-electron chi connectivity index (χ4n) is 1.25. The Kier molecular flexibility index (Phi) is 4.47. The van der Waals surface area contributed by atoms with Crippen LogP contribution in [0.3, 0.4) is 0 Å². The third kappa shape index (κ3) is 3.70. The second-order valence-corrected chi connectivity index (χ2v) is 3.39. The molecule has 5 nitrogen and oxygen atoms in total. The second kappa shape index (κ2) is 5.87. The lowest BCUT2D eigenvalue weighted by Crippen LogP contribution is -2.42. The van der Waals surface area contributed by atoms with E-state index in [1.807, 2.05) is 0 Å². The van der Waals surface area contributed by atoms with Crippen molar-refractivity contribution in [2.45, 2.75) is 12.5 Å². The molecule has 0 aliphatic heterocycles. The number of rotatable bonds is 5. The van der Waals surface area contributed by atoms with Crippen LogP contribution in [0.4, 0.5) is 0 Å². The number of nitrogens with two attached hydrogens (primary N) is 1. The maximum absolute atomic E-state index is 11.3. The number of nitrogens with one attached hydrogen (secondary N) is 1. The number of aromatic hydroxyl groups is 1. The molecule has 0 bridgehead atoms. The Morgan fingerprint density at radius 3 is 2.62 bits per heavy atom. The predicted octanol–water partition coefficient (Wildman–Crippen LogP) is -0.423. The maximum Gasteiger partial charge on any atom is 0.237 e. The minimum atomic E-state index is -0.690. The number of carbonyl (C=O) groups excluding carboxylic acids is 2. The smallest absolute Gasteiger partial charge is 0.237 e. The van der Waals surface area contributed by atoms with Crippen LogP contribution in [-0.2, 0) is 16.0 Å². The Morgan fingerprint density at radius 1 is 1.44 bits per heavy atom. The van der Waals surface area contributed by atoms with Crippen LogP contribution in [0.15, 0.2) is 24.3 Å². The van der Waals surface area contributed by atoms with Gasteiger partial charge in [0.05, 0.1) is 12.6 Å². The number of hydrogen-bond acceptors (Lipinski definition) is 4. The predicted molar refractivity (Wildman–Crippen MR) is 58.9 cm³/mol. The molecule has 0 unspecified atom stereocenters. The van der Waals surface area contributed by atoms with E-state index in [9.17, 15) is 9.59 Å². The van der Waals surface area contributed by atoms with Crippen LogP contribution in [0.1, 0.15) is 5.56 Å². The first-order valence-corrected chi connectivity index (χ1v) is 4.88. The Labute approximate surface area is 93.3 Å². The zero-order chi connectivity index (χ0) is 12.0. The van der Waals surface area contributed by atoms with Gasteiger partial charge in [0.2, 0.25) is 5.91 Å². The van der Waals surface area contributed by atoms with Gasteiger partial charge in [-0.3, -0.25) is 4.79 Å². The van der Waals surface area contributed by atoms with Crippen LogP contribution in [0, 0.1) is 0 Å². The summed E-state index contributed by atoms with van der Waals surface area (Å²) in [5.74, 6) is -0.192. The van der Waals surface area contributed by atoms with Crippen molar-refractivity contribution < 1.29 is 14.7 Å². The first kappa shape index (κ1) is 12.2. The zero-order valence-electron chi connectivity index (χ0n) is 8.72. The SMILES string of the molecule is N[C@@H](Cc1ccc(O)cc1)C(=O)NCC=O. The molecule has 0 aliphatic rings. The highest BCUT2D eigenvalue weighted by Crippen LogP contribution is 2.10. The first-order chi connectivity index (χ1) is 7.63. The van der Waals surface area contributed by atoms with Crippen molar-refractivity contribution in [3.8, 4) is 5.75 Å². The van der Waals surface area contributed by atoms with Crippen molar-refractivity contribution in [3.63, 3.8) is 0 Å². The van der Waals surface area contributed by atoms with E-state index in [2.05, 4.69) is 5.32 Å². The minimum Gasteiger partial charge on any atom is -0.508 e. The number of phenols is 1. The van der Waals surface area contributed by atoms with E-state index in [0.717, 1.165) is 5.56 Å². The highest BCUT2D eigenvalue weighted by molar-refractivity contribution is 5.83. The quantitative estimate of drug-likeness (QED) is 0.590. The highest BCUT2D eigenvalue weighted by Gasteiger charge is 2.12. The largest absolute Gasteiger partial charge is 0.508 e. The average Bonchev–Trinajstić information content (AvgIpc) is 2.29. The molecular weight excluding hydrogens is 208 g/mol. The summed E-state index contributed by atoms with van der Waals surface area (Å²) >= 11 is 0. The van der Waals surface area contributed by atoms with Crippen LogP contribution < -0.4 is 11.1 Å². The Morgan fingerprint density at radius 2 is 2.06 bits per heavy atom. The lowest BCUT2D eigenvalue weighted by atomic mass is 10.1. The van der Waals surface area contributed by atoms with Crippen molar-refractivity contribution in [3.05, 3.63) is 29.8 Å². The topological polar surface area (TPSA) is 92.4 Å². The van der Waals surface area contributed by atoms with Crippen LogP contribution in [0.5, 0.6) is 5.75 Å².